The summed E-state index contributed by atoms with van der Waals surface area (Å²) >= 11 is 0. The first-order valence-corrected chi connectivity index (χ1v) is 10.8. The summed E-state index contributed by atoms with van der Waals surface area (Å²) in [6.07, 6.45) is 15.4. The molecule has 158 valence electrons. The second-order valence-electron chi connectivity index (χ2n) is 8.37. The van der Waals surface area contributed by atoms with Gasteiger partial charge < -0.3 is 9.80 Å². The topological polar surface area (TPSA) is 22.6 Å². The summed E-state index contributed by atoms with van der Waals surface area (Å²) in [5.74, 6) is -0.190. The fourth-order valence-corrected chi connectivity index (χ4v) is 4.27. The average Bonchev–Trinajstić information content (AvgIpc) is 3.03. The lowest BCUT2D eigenvalue weighted by Crippen LogP contribution is -2.59. The maximum atomic E-state index is 13.8. The number of halogens is 1. The van der Waals surface area contributed by atoms with E-state index in [4.69, 9.17) is 0 Å². The highest BCUT2D eigenvalue weighted by Gasteiger charge is 2.33. The largest absolute Gasteiger partial charge is 0.373 e. The van der Waals surface area contributed by atoms with Gasteiger partial charge in [-0.2, -0.15) is 0 Å². The molecular formula is C24H35FN4. The highest BCUT2D eigenvalue weighted by molar-refractivity contribution is 5.25. The number of hydrogen-bond acceptors (Lipinski definition) is 4. The van der Waals surface area contributed by atoms with E-state index in [1.165, 1.54) is 11.8 Å². The van der Waals surface area contributed by atoms with Crippen LogP contribution < -0.4 is 0 Å². The van der Waals surface area contributed by atoms with Gasteiger partial charge in [-0.25, -0.2) is 4.39 Å². The molecule has 0 aromatic carbocycles. The highest BCUT2D eigenvalue weighted by atomic mass is 19.1. The number of nitrogens with zero attached hydrogens (tertiary/aromatic N) is 4. The Bertz CT molecular complexity index is 749. The van der Waals surface area contributed by atoms with Crippen molar-refractivity contribution < 1.29 is 4.39 Å². The monoisotopic (exact) mass is 398 g/mol. The molecule has 0 spiro atoms. The van der Waals surface area contributed by atoms with Gasteiger partial charge >= 0.3 is 0 Å². The highest BCUT2D eigenvalue weighted by Crippen LogP contribution is 2.24. The van der Waals surface area contributed by atoms with Crippen LogP contribution in [0.25, 0.3) is 0 Å². The number of allylic oxidation sites excluding steroid dienone is 5. The summed E-state index contributed by atoms with van der Waals surface area (Å²) in [5.41, 5.74) is 2.02. The maximum absolute atomic E-state index is 13.8. The van der Waals surface area contributed by atoms with E-state index in [1.807, 2.05) is 0 Å². The molecule has 0 amide bonds. The van der Waals surface area contributed by atoms with Crippen molar-refractivity contribution >= 4 is 0 Å². The number of hydrogen-bond donors (Lipinski definition) is 0. The summed E-state index contributed by atoms with van der Waals surface area (Å²) < 4.78 is 13.8. The molecule has 2 heterocycles. The summed E-state index contributed by atoms with van der Waals surface area (Å²) in [6.45, 7) is 10.7. The van der Waals surface area contributed by atoms with Gasteiger partial charge in [0.2, 0.25) is 0 Å². The molecule has 0 N–H and O–H groups in total. The third kappa shape index (κ3) is 5.77. The molecule has 1 aliphatic carbocycles. The van der Waals surface area contributed by atoms with Crippen molar-refractivity contribution in [3.05, 3.63) is 65.9 Å². The van der Waals surface area contributed by atoms with E-state index in [0.29, 0.717) is 12.1 Å². The first kappa shape index (κ1) is 21.7. The minimum Gasteiger partial charge on any atom is -0.373 e. The fourth-order valence-electron chi connectivity index (χ4n) is 4.27. The van der Waals surface area contributed by atoms with Gasteiger partial charge in [-0.3, -0.25) is 9.88 Å². The number of rotatable bonds is 8. The van der Waals surface area contributed by atoms with Gasteiger partial charge in [-0.15, -0.1) is 0 Å². The van der Waals surface area contributed by atoms with Crippen LogP contribution in [0.4, 0.5) is 4.39 Å². The zero-order chi connectivity index (χ0) is 20.7. The van der Waals surface area contributed by atoms with Crippen LogP contribution >= 0.6 is 0 Å². The van der Waals surface area contributed by atoms with Gasteiger partial charge in [0, 0.05) is 70.2 Å². The molecular weight excluding hydrogens is 363 g/mol. The van der Waals surface area contributed by atoms with Gasteiger partial charge in [-0.1, -0.05) is 31.2 Å². The molecule has 5 heteroatoms. The molecule has 0 saturated carbocycles. The Kier molecular flexibility index (Phi) is 7.62. The van der Waals surface area contributed by atoms with Crippen molar-refractivity contribution in [2.45, 2.75) is 38.6 Å². The second kappa shape index (κ2) is 10.2. The van der Waals surface area contributed by atoms with Crippen molar-refractivity contribution in [2.24, 2.45) is 0 Å². The van der Waals surface area contributed by atoms with Gasteiger partial charge in [0.25, 0.3) is 0 Å². The van der Waals surface area contributed by atoms with Crippen LogP contribution in [-0.2, 0) is 6.42 Å². The third-order valence-corrected chi connectivity index (χ3v) is 6.39. The lowest BCUT2D eigenvalue weighted by molar-refractivity contribution is 0.0259. The van der Waals surface area contributed by atoms with E-state index in [1.54, 1.807) is 12.3 Å². The van der Waals surface area contributed by atoms with Crippen molar-refractivity contribution in [1.29, 1.82) is 0 Å². The Labute approximate surface area is 175 Å². The molecule has 1 aromatic rings. The van der Waals surface area contributed by atoms with E-state index in [0.717, 1.165) is 52.1 Å². The lowest BCUT2D eigenvalue weighted by atomic mass is 9.94. The Hall–Kier alpha value is -1.98. The Morgan fingerprint density at radius 1 is 1.21 bits per heavy atom. The smallest absolute Gasteiger partial charge is 0.144 e. The molecule has 1 unspecified atom stereocenters. The van der Waals surface area contributed by atoms with E-state index in [-0.39, 0.29) is 11.4 Å². The molecule has 4 nitrogen and oxygen atoms in total. The lowest BCUT2D eigenvalue weighted by Gasteiger charge is -2.47. The quantitative estimate of drug-likeness (QED) is 0.663. The Balaban J connectivity index is 1.52. The minimum atomic E-state index is -0.190. The van der Waals surface area contributed by atoms with Crippen LogP contribution in [-0.4, -0.2) is 71.5 Å². The first-order valence-electron chi connectivity index (χ1n) is 10.8. The van der Waals surface area contributed by atoms with Crippen LogP contribution in [0.2, 0.25) is 0 Å². The van der Waals surface area contributed by atoms with Crippen molar-refractivity contribution in [1.82, 2.24) is 19.7 Å². The zero-order valence-electron chi connectivity index (χ0n) is 18.1. The molecule has 3 rings (SSSR count). The van der Waals surface area contributed by atoms with Gasteiger partial charge in [0.15, 0.2) is 0 Å². The van der Waals surface area contributed by atoms with Crippen LogP contribution in [0, 0.1) is 5.82 Å². The molecule has 1 aromatic heterocycles. The summed E-state index contributed by atoms with van der Waals surface area (Å²) in [4.78, 5) is 11.6. The third-order valence-electron chi connectivity index (χ3n) is 6.39. The molecule has 1 saturated heterocycles. The summed E-state index contributed by atoms with van der Waals surface area (Å²) in [7, 11) is 2.20. The maximum Gasteiger partial charge on any atom is 0.144 e. The van der Waals surface area contributed by atoms with E-state index in [2.05, 4.69) is 71.0 Å². The van der Waals surface area contributed by atoms with Crippen LogP contribution in [0.1, 0.15) is 32.4 Å². The van der Waals surface area contributed by atoms with Crippen molar-refractivity contribution in [2.75, 3.05) is 46.3 Å². The molecule has 1 fully saturated rings. The van der Waals surface area contributed by atoms with Gasteiger partial charge in [0.05, 0.1) is 5.69 Å². The zero-order valence-corrected chi connectivity index (χ0v) is 18.1. The fraction of sp³-hybridized carbons (Fsp3) is 0.542. The van der Waals surface area contributed by atoms with E-state index in [9.17, 15) is 4.39 Å². The van der Waals surface area contributed by atoms with Crippen LogP contribution in [0.15, 0.2) is 54.4 Å². The number of piperazine rings is 1. The SMILES string of the molecule is CCC(C)(CN(C)C1=CCC=CC=C1)N1CCN(CCc2ncccc2F)CC1. The number of aromatic nitrogens is 1. The molecule has 0 bridgehead atoms. The second-order valence-corrected chi connectivity index (χ2v) is 8.37. The van der Waals surface area contributed by atoms with Crippen LogP contribution in [0.3, 0.4) is 0 Å². The standard InChI is InChI=1S/C24H35FN4/c1-4-24(2,20-27(3)21-10-7-5-6-8-11-21)29-18-16-28(17-19-29)15-13-23-22(25)12-9-14-26-23/h5-7,9-12,14H,4,8,13,15-20H2,1-3H3. The van der Waals surface area contributed by atoms with E-state index < -0.39 is 0 Å². The number of likely N-dealkylation sites (N-methyl/N-ethyl adjacent to an activating group) is 1. The van der Waals surface area contributed by atoms with Crippen molar-refractivity contribution in [3.8, 4) is 0 Å². The molecule has 1 aliphatic heterocycles. The normalized spacial score (nSPS) is 20.2. The summed E-state index contributed by atoms with van der Waals surface area (Å²) in [5, 5.41) is 0. The average molecular weight is 399 g/mol. The van der Waals surface area contributed by atoms with Crippen LogP contribution in [0.5, 0.6) is 0 Å². The van der Waals surface area contributed by atoms with Gasteiger partial charge in [-0.05, 0) is 38.0 Å². The number of pyridine rings is 1. The Morgan fingerprint density at radius 2 is 2.00 bits per heavy atom. The first-order chi connectivity index (χ1) is 14.0. The predicted octanol–water partition coefficient (Wildman–Crippen LogP) is 3.88. The molecule has 29 heavy (non-hydrogen) atoms. The molecule has 0 radical (unpaired) electrons. The van der Waals surface area contributed by atoms with E-state index >= 15 is 0 Å². The molecule has 2 aliphatic rings. The summed E-state index contributed by atoms with van der Waals surface area (Å²) in [6, 6.07) is 3.15. The minimum absolute atomic E-state index is 0.141. The predicted molar refractivity (Wildman–Crippen MR) is 118 cm³/mol. The van der Waals surface area contributed by atoms with Gasteiger partial charge in [0.1, 0.15) is 5.82 Å². The molecule has 1 atom stereocenters. The van der Waals surface area contributed by atoms with Crippen molar-refractivity contribution in [3.63, 3.8) is 0 Å². The Morgan fingerprint density at radius 3 is 2.72 bits per heavy atom.